The second kappa shape index (κ2) is 8.40. The molecule has 2 N–H and O–H groups in total. The summed E-state index contributed by atoms with van der Waals surface area (Å²) in [6.07, 6.45) is 0.427. The number of nitrogens with one attached hydrogen (secondary N) is 2. The number of rotatable bonds is 6. The van der Waals surface area contributed by atoms with Crippen LogP contribution in [0.2, 0.25) is 0 Å². The van der Waals surface area contributed by atoms with Crippen molar-refractivity contribution in [2.45, 2.75) is 33.6 Å². The summed E-state index contributed by atoms with van der Waals surface area (Å²) in [5.74, 6) is -0.340. The SMILES string of the molecule is C/C(CC(=O)Nc1c(C)cccc1C)=N/NC(=O)Cc1cccs1. The number of benzene rings is 1. The highest BCUT2D eigenvalue weighted by molar-refractivity contribution is 7.10. The fourth-order valence-corrected chi connectivity index (χ4v) is 2.94. The van der Waals surface area contributed by atoms with E-state index in [2.05, 4.69) is 15.8 Å². The first kappa shape index (κ1) is 17.9. The van der Waals surface area contributed by atoms with Gasteiger partial charge in [0.15, 0.2) is 0 Å². The Morgan fingerprint density at radius 3 is 2.42 bits per heavy atom. The van der Waals surface area contributed by atoms with E-state index in [9.17, 15) is 9.59 Å². The molecule has 2 amide bonds. The highest BCUT2D eigenvalue weighted by Crippen LogP contribution is 2.19. The van der Waals surface area contributed by atoms with Crippen molar-refractivity contribution in [3.63, 3.8) is 0 Å². The second-order valence-corrected chi connectivity index (χ2v) is 6.66. The van der Waals surface area contributed by atoms with Crippen LogP contribution in [0, 0.1) is 13.8 Å². The fourth-order valence-electron chi connectivity index (χ4n) is 2.24. The average molecular weight is 343 g/mol. The van der Waals surface area contributed by atoms with E-state index in [1.165, 1.54) is 11.3 Å². The molecule has 24 heavy (non-hydrogen) atoms. The quantitative estimate of drug-likeness (QED) is 0.623. The maximum absolute atomic E-state index is 12.1. The van der Waals surface area contributed by atoms with Crippen LogP contribution in [-0.2, 0) is 16.0 Å². The number of amides is 2. The molecule has 0 radical (unpaired) electrons. The molecule has 0 saturated carbocycles. The maximum Gasteiger partial charge on any atom is 0.245 e. The molecule has 2 rings (SSSR count). The first-order valence-electron chi connectivity index (χ1n) is 7.66. The van der Waals surface area contributed by atoms with Crippen LogP contribution in [0.15, 0.2) is 40.8 Å². The molecule has 0 fully saturated rings. The molecule has 0 spiro atoms. The molecule has 1 aromatic heterocycles. The second-order valence-electron chi connectivity index (χ2n) is 5.63. The lowest BCUT2D eigenvalue weighted by molar-refractivity contribution is -0.120. The van der Waals surface area contributed by atoms with Crippen molar-refractivity contribution in [3.05, 3.63) is 51.7 Å². The predicted octanol–water partition coefficient (Wildman–Crippen LogP) is 3.43. The van der Waals surface area contributed by atoms with E-state index in [1.807, 2.05) is 49.6 Å². The summed E-state index contributed by atoms with van der Waals surface area (Å²) in [6, 6.07) is 9.66. The van der Waals surface area contributed by atoms with Gasteiger partial charge in [-0.3, -0.25) is 9.59 Å². The highest BCUT2D eigenvalue weighted by Gasteiger charge is 2.09. The molecule has 1 heterocycles. The van der Waals surface area contributed by atoms with Gasteiger partial charge in [-0.05, 0) is 43.3 Å². The summed E-state index contributed by atoms with van der Waals surface area (Å²) in [4.78, 5) is 24.9. The number of nitrogens with zero attached hydrogens (tertiary/aromatic N) is 1. The van der Waals surface area contributed by atoms with Crippen LogP contribution >= 0.6 is 11.3 Å². The van der Waals surface area contributed by atoms with Gasteiger partial charge in [0.2, 0.25) is 11.8 Å². The Morgan fingerprint density at radius 2 is 1.79 bits per heavy atom. The van der Waals surface area contributed by atoms with E-state index < -0.39 is 0 Å². The monoisotopic (exact) mass is 343 g/mol. The topological polar surface area (TPSA) is 70.6 Å². The number of thiophene rings is 1. The van der Waals surface area contributed by atoms with Gasteiger partial charge in [-0.2, -0.15) is 5.10 Å². The van der Waals surface area contributed by atoms with E-state index in [0.717, 1.165) is 21.7 Å². The Labute approximate surface area is 145 Å². The van der Waals surface area contributed by atoms with Crippen molar-refractivity contribution >= 4 is 34.6 Å². The molecular weight excluding hydrogens is 322 g/mol. The van der Waals surface area contributed by atoms with E-state index in [4.69, 9.17) is 0 Å². The maximum atomic E-state index is 12.1. The van der Waals surface area contributed by atoms with E-state index in [0.29, 0.717) is 12.1 Å². The van der Waals surface area contributed by atoms with Crippen molar-refractivity contribution in [2.75, 3.05) is 5.32 Å². The van der Waals surface area contributed by atoms with E-state index in [1.54, 1.807) is 6.92 Å². The number of carbonyl (C=O) groups excluding carboxylic acids is 2. The third-order valence-electron chi connectivity index (χ3n) is 3.45. The lowest BCUT2D eigenvalue weighted by Gasteiger charge is -2.11. The van der Waals surface area contributed by atoms with Crippen LogP contribution in [0.5, 0.6) is 0 Å². The highest BCUT2D eigenvalue weighted by atomic mass is 32.1. The Hall–Kier alpha value is -2.47. The summed E-state index contributed by atoms with van der Waals surface area (Å²) in [5, 5.41) is 8.82. The molecule has 2 aromatic rings. The van der Waals surface area contributed by atoms with Gasteiger partial charge in [-0.15, -0.1) is 11.3 Å². The first-order chi connectivity index (χ1) is 11.5. The summed E-state index contributed by atoms with van der Waals surface area (Å²) < 4.78 is 0. The zero-order valence-corrected chi connectivity index (χ0v) is 14.9. The van der Waals surface area contributed by atoms with Gasteiger partial charge in [0.25, 0.3) is 0 Å². The molecule has 1 aromatic carbocycles. The Bertz CT molecular complexity index is 731. The van der Waals surface area contributed by atoms with Crippen molar-refractivity contribution in [3.8, 4) is 0 Å². The van der Waals surface area contributed by atoms with Crippen molar-refractivity contribution in [1.82, 2.24) is 5.43 Å². The van der Waals surface area contributed by atoms with Crippen molar-refractivity contribution in [2.24, 2.45) is 5.10 Å². The van der Waals surface area contributed by atoms with Gasteiger partial charge in [-0.1, -0.05) is 24.3 Å². The molecule has 126 valence electrons. The van der Waals surface area contributed by atoms with Crippen LogP contribution in [0.1, 0.15) is 29.3 Å². The number of hydrogen-bond donors (Lipinski definition) is 2. The van der Waals surface area contributed by atoms with Crippen molar-refractivity contribution < 1.29 is 9.59 Å². The normalized spacial score (nSPS) is 11.2. The largest absolute Gasteiger partial charge is 0.325 e. The molecule has 0 atom stereocenters. The first-order valence-corrected chi connectivity index (χ1v) is 8.54. The van der Waals surface area contributed by atoms with Crippen LogP contribution in [0.25, 0.3) is 0 Å². The predicted molar refractivity (Wildman–Crippen MR) is 98.4 cm³/mol. The number of carbonyl (C=O) groups is 2. The lowest BCUT2D eigenvalue weighted by atomic mass is 10.1. The summed E-state index contributed by atoms with van der Waals surface area (Å²) in [6.45, 7) is 5.62. The third kappa shape index (κ3) is 5.31. The third-order valence-corrected chi connectivity index (χ3v) is 4.32. The van der Waals surface area contributed by atoms with Gasteiger partial charge in [-0.25, -0.2) is 5.43 Å². The number of anilines is 1. The Balaban J connectivity index is 1.85. The summed E-state index contributed by atoms with van der Waals surface area (Å²) in [5.41, 5.74) is 5.90. The number of para-hydroxylation sites is 1. The number of aryl methyl sites for hydroxylation is 2. The van der Waals surface area contributed by atoms with Crippen LogP contribution in [0.3, 0.4) is 0 Å². The zero-order chi connectivity index (χ0) is 17.5. The number of hydrazone groups is 1. The molecule has 0 saturated heterocycles. The Kier molecular flexibility index (Phi) is 6.26. The average Bonchev–Trinajstić information content (AvgIpc) is 3.02. The lowest BCUT2D eigenvalue weighted by Crippen LogP contribution is -2.22. The standard InChI is InChI=1S/C18H21N3O2S/c1-12-6-4-7-13(2)18(12)19-16(22)10-14(3)20-21-17(23)11-15-8-5-9-24-15/h4-9H,10-11H2,1-3H3,(H,19,22)(H,21,23)/b20-14-. The van der Waals surface area contributed by atoms with Crippen LogP contribution in [0.4, 0.5) is 5.69 Å². The number of hydrogen-bond acceptors (Lipinski definition) is 4. The fraction of sp³-hybridized carbons (Fsp3) is 0.278. The molecule has 0 bridgehead atoms. The van der Waals surface area contributed by atoms with E-state index >= 15 is 0 Å². The minimum Gasteiger partial charge on any atom is -0.325 e. The smallest absolute Gasteiger partial charge is 0.245 e. The summed E-state index contributed by atoms with van der Waals surface area (Å²) >= 11 is 1.53. The van der Waals surface area contributed by atoms with Gasteiger partial charge >= 0.3 is 0 Å². The molecular formula is C18H21N3O2S. The van der Waals surface area contributed by atoms with Crippen LogP contribution in [-0.4, -0.2) is 17.5 Å². The molecule has 0 aliphatic carbocycles. The van der Waals surface area contributed by atoms with Gasteiger partial charge < -0.3 is 5.32 Å². The van der Waals surface area contributed by atoms with Gasteiger partial charge in [0.05, 0.1) is 12.8 Å². The minimum absolute atomic E-state index is 0.132. The zero-order valence-electron chi connectivity index (χ0n) is 14.1. The van der Waals surface area contributed by atoms with E-state index in [-0.39, 0.29) is 18.2 Å². The van der Waals surface area contributed by atoms with Crippen LogP contribution < -0.4 is 10.7 Å². The molecule has 0 unspecified atom stereocenters. The molecule has 5 nitrogen and oxygen atoms in total. The molecule has 0 aliphatic heterocycles. The molecule has 6 heteroatoms. The van der Waals surface area contributed by atoms with Crippen molar-refractivity contribution in [1.29, 1.82) is 0 Å². The van der Waals surface area contributed by atoms with Gasteiger partial charge in [0, 0.05) is 16.3 Å². The van der Waals surface area contributed by atoms with Gasteiger partial charge in [0.1, 0.15) is 0 Å². The Morgan fingerprint density at radius 1 is 1.08 bits per heavy atom. The molecule has 0 aliphatic rings. The minimum atomic E-state index is -0.188. The summed E-state index contributed by atoms with van der Waals surface area (Å²) in [7, 11) is 0.